The quantitative estimate of drug-likeness (QED) is 0.946. The number of aromatic nitrogens is 2. The molecule has 1 N–H and O–H groups in total. The highest BCUT2D eigenvalue weighted by Crippen LogP contribution is 2.30. The lowest BCUT2D eigenvalue weighted by atomic mass is 10.2. The van der Waals surface area contributed by atoms with Crippen molar-refractivity contribution in [3.63, 3.8) is 0 Å². The Morgan fingerprint density at radius 1 is 1.45 bits per heavy atom. The van der Waals surface area contributed by atoms with Crippen LogP contribution in [0.25, 0.3) is 0 Å². The molecule has 1 aliphatic heterocycles. The normalized spacial score (nSPS) is 17.7. The summed E-state index contributed by atoms with van der Waals surface area (Å²) < 4.78 is 18.0. The van der Waals surface area contributed by atoms with Gasteiger partial charge in [-0.3, -0.25) is 0 Å². The zero-order valence-corrected chi connectivity index (χ0v) is 12.3. The molecule has 1 fully saturated rings. The number of aryl methyl sites for hydroxylation is 1. The first-order chi connectivity index (χ1) is 10.6. The third-order valence-corrected chi connectivity index (χ3v) is 3.70. The fourth-order valence-electron chi connectivity index (χ4n) is 2.60. The monoisotopic (exact) mass is 304 g/mol. The first kappa shape index (κ1) is 14.5. The maximum Gasteiger partial charge on any atom is 0.318 e. The van der Waals surface area contributed by atoms with Crippen LogP contribution in [0.4, 0.5) is 9.18 Å². The van der Waals surface area contributed by atoms with Gasteiger partial charge in [-0.1, -0.05) is 17.3 Å². The summed E-state index contributed by atoms with van der Waals surface area (Å²) in [6.45, 7) is 2.76. The molecule has 1 aromatic carbocycles. The topological polar surface area (TPSA) is 71.3 Å². The van der Waals surface area contributed by atoms with Crippen LogP contribution in [-0.4, -0.2) is 27.6 Å². The molecule has 0 bridgehead atoms. The van der Waals surface area contributed by atoms with Crippen molar-refractivity contribution in [2.45, 2.75) is 32.4 Å². The Morgan fingerprint density at radius 3 is 2.91 bits per heavy atom. The van der Waals surface area contributed by atoms with Gasteiger partial charge in [0, 0.05) is 13.1 Å². The van der Waals surface area contributed by atoms with Crippen molar-refractivity contribution >= 4 is 6.03 Å². The number of rotatable bonds is 3. The number of nitrogens with zero attached hydrogens (tertiary/aromatic N) is 3. The molecule has 2 amide bonds. The summed E-state index contributed by atoms with van der Waals surface area (Å²) in [5.74, 6) is 0.752. The molecule has 1 saturated heterocycles. The van der Waals surface area contributed by atoms with Crippen LogP contribution >= 0.6 is 0 Å². The van der Waals surface area contributed by atoms with Gasteiger partial charge in [-0.05, 0) is 37.5 Å². The summed E-state index contributed by atoms with van der Waals surface area (Å²) in [4.78, 5) is 18.2. The minimum Gasteiger partial charge on any atom is -0.337 e. The smallest absolute Gasteiger partial charge is 0.318 e. The molecule has 1 aliphatic rings. The number of likely N-dealkylation sites (tertiary alicyclic amines) is 1. The molecule has 3 rings (SSSR count). The second-order valence-electron chi connectivity index (χ2n) is 5.32. The maximum atomic E-state index is 12.9. The second kappa shape index (κ2) is 6.13. The van der Waals surface area contributed by atoms with Gasteiger partial charge in [0.25, 0.3) is 0 Å². The molecule has 0 spiro atoms. The van der Waals surface area contributed by atoms with Gasteiger partial charge in [-0.15, -0.1) is 0 Å². The van der Waals surface area contributed by atoms with Gasteiger partial charge in [0.2, 0.25) is 5.89 Å². The molecule has 22 heavy (non-hydrogen) atoms. The summed E-state index contributed by atoms with van der Waals surface area (Å²) in [6, 6.07) is 5.71. The average Bonchev–Trinajstić information content (AvgIpc) is 3.14. The predicted molar refractivity (Wildman–Crippen MR) is 76.4 cm³/mol. The number of amides is 2. The van der Waals surface area contributed by atoms with E-state index in [4.69, 9.17) is 4.52 Å². The van der Waals surface area contributed by atoms with Gasteiger partial charge in [-0.25, -0.2) is 9.18 Å². The minimum absolute atomic E-state index is 0.172. The van der Waals surface area contributed by atoms with Crippen LogP contribution in [0, 0.1) is 12.7 Å². The van der Waals surface area contributed by atoms with E-state index in [1.54, 1.807) is 24.0 Å². The number of urea groups is 1. The van der Waals surface area contributed by atoms with Crippen molar-refractivity contribution in [2.75, 3.05) is 6.54 Å². The van der Waals surface area contributed by atoms with Crippen molar-refractivity contribution in [2.24, 2.45) is 0 Å². The summed E-state index contributed by atoms with van der Waals surface area (Å²) in [5, 5.41) is 6.62. The number of benzene rings is 1. The van der Waals surface area contributed by atoms with Crippen LogP contribution < -0.4 is 5.32 Å². The van der Waals surface area contributed by atoms with Gasteiger partial charge in [0.1, 0.15) is 11.9 Å². The molecule has 7 heteroatoms. The van der Waals surface area contributed by atoms with E-state index in [0.717, 1.165) is 18.4 Å². The molecule has 116 valence electrons. The molecule has 2 heterocycles. The van der Waals surface area contributed by atoms with Crippen molar-refractivity contribution in [1.29, 1.82) is 0 Å². The van der Waals surface area contributed by atoms with Crippen LogP contribution in [0.1, 0.15) is 36.2 Å². The standard InChI is InChI=1S/C15H17FN4O2/c1-10-18-14(22-19-10)13-3-2-8-20(13)15(21)17-9-11-4-6-12(16)7-5-11/h4-7,13H,2-3,8-9H2,1H3,(H,17,21). The van der Waals surface area contributed by atoms with Crippen molar-refractivity contribution < 1.29 is 13.7 Å². The van der Waals surface area contributed by atoms with E-state index in [1.165, 1.54) is 12.1 Å². The second-order valence-corrected chi connectivity index (χ2v) is 5.32. The predicted octanol–water partition coefficient (Wildman–Crippen LogP) is 2.56. The Kier molecular flexibility index (Phi) is 4.04. The Morgan fingerprint density at radius 2 is 2.23 bits per heavy atom. The Labute approximate surface area is 127 Å². The first-order valence-corrected chi connectivity index (χ1v) is 7.22. The third-order valence-electron chi connectivity index (χ3n) is 3.70. The highest BCUT2D eigenvalue weighted by Gasteiger charge is 2.33. The fourth-order valence-corrected chi connectivity index (χ4v) is 2.60. The molecule has 2 aromatic rings. The molecular weight excluding hydrogens is 287 g/mol. The molecule has 1 atom stereocenters. The average molecular weight is 304 g/mol. The summed E-state index contributed by atoms with van der Waals surface area (Å²) in [5.41, 5.74) is 0.846. The molecule has 1 unspecified atom stereocenters. The third kappa shape index (κ3) is 3.08. The Balaban J connectivity index is 1.62. The highest BCUT2D eigenvalue weighted by atomic mass is 19.1. The number of nitrogens with one attached hydrogen (secondary N) is 1. The van der Waals surface area contributed by atoms with Gasteiger partial charge in [-0.2, -0.15) is 4.98 Å². The molecular formula is C15H17FN4O2. The van der Waals surface area contributed by atoms with E-state index in [0.29, 0.717) is 24.8 Å². The number of hydrogen-bond acceptors (Lipinski definition) is 4. The van der Waals surface area contributed by atoms with Gasteiger partial charge < -0.3 is 14.7 Å². The van der Waals surface area contributed by atoms with E-state index in [1.807, 2.05) is 0 Å². The Hall–Kier alpha value is -2.44. The number of hydrogen-bond donors (Lipinski definition) is 1. The van der Waals surface area contributed by atoms with Crippen molar-refractivity contribution in [1.82, 2.24) is 20.4 Å². The van der Waals surface area contributed by atoms with Crippen LogP contribution in [0.5, 0.6) is 0 Å². The zero-order chi connectivity index (χ0) is 15.5. The summed E-state index contributed by atoms with van der Waals surface area (Å²) >= 11 is 0. The van der Waals surface area contributed by atoms with Crippen LogP contribution in [0.2, 0.25) is 0 Å². The molecule has 0 radical (unpaired) electrons. The Bertz CT molecular complexity index is 656. The largest absolute Gasteiger partial charge is 0.337 e. The summed E-state index contributed by atoms with van der Waals surface area (Å²) in [6.07, 6.45) is 1.71. The van der Waals surface area contributed by atoms with Gasteiger partial charge in [0.05, 0.1) is 0 Å². The van der Waals surface area contributed by atoms with Crippen LogP contribution in [-0.2, 0) is 6.54 Å². The molecule has 0 saturated carbocycles. The van der Waals surface area contributed by atoms with Crippen molar-refractivity contribution in [3.05, 3.63) is 47.4 Å². The van der Waals surface area contributed by atoms with E-state index >= 15 is 0 Å². The highest BCUT2D eigenvalue weighted by molar-refractivity contribution is 5.74. The van der Waals surface area contributed by atoms with E-state index < -0.39 is 0 Å². The lowest BCUT2D eigenvalue weighted by Gasteiger charge is -2.22. The zero-order valence-electron chi connectivity index (χ0n) is 12.3. The van der Waals surface area contributed by atoms with E-state index in [2.05, 4.69) is 15.5 Å². The van der Waals surface area contributed by atoms with E-state index in [9.17, 15) is 9.18 Å². The van der Waals surface area contributed by atoms with Crippen LogP contribution in [0.15, 0.2) is 28.8 Å². The van der Waals surface area contributed by atoms with Crippen LogP contribution in [0.3, 0.4) is 0 Å². The molecule has 0 aliphatic carbocycles. The lowest BCUT2D eigenvalue weighted by Crippen LogP contribution is -2.39. The van der Waals surface area contributed by atoms with Gasteiger partial charge in [0.15, 0.2) is 5.82 Å². The first-order valence-electron chi connectivity index (χ1n) is 7.22. The van der Waals surface area contributed by atoms with Crippen molar-refractivity contribution in [3.8, 4) is 0 Å². The SMILES string of the molecule is Cc1noc(C2CCCN2C(=O)NCc2ccc(F)cc2)n1. The van der Waals surface area contributed by atoms with E-state index in [-0.39, 0.29) is 17.9 Å². The van der Waals surface area contributed by atoms with Gasteiger partial charge >= 0.3 is 6.03 Å². The maximum absolute atomic E-state index is 12.9. The number of carbonyl (C=O) groups is 1. The summed E-state index contributed by atoms with van der Waals surface area (Å²) in [7, 11) is 0. The molecule has 6 nitrogen and oxygen atoms in total. The fraction of sp³-hybridized carbons (Fsp3) is 0.400. The minimum atomic E-state index is -0.290. The molecule has 1 aromatic heterocycles. The number of carbonyl (C=O) groups excluding carboxylic acids is 1. The number of halogens is 1. The lowest BCUT2D eigenvalue weighted by molar-refractivity contribution is 0.180.